The van der Waals surface area contributed by atoms with E-state index in [0.29, 0.717) is 6.17 Å². The summed E-state index contributed by atoms with van der Waals surface area (Å²) in [7, 11) is 0. The molecule has 2 nitrogen and oxygen atoms in total. The van der Waals surface area contributed by atoms with Gasteiger partial charge in [-0.3, -0.25) is 0 Å². The van der Waals surface area contributed by atoms with Crippen LogP contribution in [0, 0.1) is 0 Å². The van der Waals surface area contributed by atoms with E-state index in [0.717, 1.165) is 0 Å². The summed E-state index contributed by atoms with van der Waals surface area (Å²) in [6.07, 6.45) is 36.7. The fourth-order valence-electron chi connectivity index (χ4n) is 5.19. The Bertz CT molecular complexity index is 406. The zero-order chi connectivity index (χ0) is 23.1. The number of nitrogens with zero attached hydrogens (tertiary/aromatic N) is 2. The van der Waals surface area contributed by atoms with Crippen molar-refractivity contribution in [2.75, 3.05) is 13.1 Å². The summed E-state index contributed by atoms with van der Waals surface area (Å²) in [6, 6.07) is 0. The van der Waals surface area contributed by atoms with Gasteiger partial charge in [-0.05, 0) is 25.7 Å². The molecule has 0 bridgehead atoms. The first-order chi connectivity index (χ1) is 15.8. The van der Waals surface area contributed by atoms with Gasteiger partial charge in [-0.2, -0.15) is 0 Å². The average molecular weight is 449 g/mol. The fraction of sp³-hybridized carbons (Fsp3) is 0.933. The van der Waals surface area contributed by atoms with Crippen molar-refractivity contribution in [2.45, 2.75) is 168 Å². The van der Waals surface area contributed by atoms with Crippen molar-refractivity contribution in [3.63, 3.8) is 0 Å². The molecule has 190 valence electrons. The van der Waals surface area contributed by atoms with Crippen LogP contribution in [0.5, 0.6) is 0 Å². The van der Waals surface area contributed by atoms with Crippen LogP contribution in [0.4, 0.5) is 0 Å². The topological polar surface area (TPSA) is 6.48 Å². The van der Waals surface area contributed by atoms with Gasteiger partial charge < -0.3 is 9.80 Å². The van der Waals surface area contributed by atoms with Crippen molar-refractivity contribution < 1.29 is 0 Å². The van der Waals surface area contributed by atoms with Gasteiger partial charge in [0.15, 0.2) is 0 Å². The predicted octanol–water partition coefficient (Wildman–Crippen LogP) is 10.0. The molecule has 32 heavy (non-hydrogen) atoms. The third-order valence-electron chi connectivity index (χ3n) is 7.28. The van der Waals surface area contributed by atoms with E-state index in [1.54, 1.807) is 0 Å². The second-order valence-corrected chi connectivity index (χ2v) is 10.4. The van der Waals surface area contributed by atoms with Crippen LogP contribution in [0.15, 0.2) is 12.4 Å². The van der Waals surface area contributed by atoms with Crippen LogP contribution in [0.25, 0.3) is 0 Å². The predicted molar refractivity (Wildman–Crippen MR) is 145 cm³/mol. The first-order valence-electron chi connectivity index (χ1n) is 15.0. The summed E-state index contributed by atoms with van der Waals surface area (Å²) in [4.78, 5) is 5.25. The van der Waals surface area contributed by atoms with Gasteiger partial charge >= 0.3 is 0 Å². The number of rotatable bonds is 24. The largest absolute Gasteiger partial charge is 0.356 e. The number of hydrogen-bond donors (Lipinski definition) is 0. The Labute approximate surface area is 203 Å². The summed E-state index contributed by atoms with van der Waals surface area (Å²) in [6.45, 7) is 9.39. The molecule has 0 aromatic rings. The summed E-state index contributed by atoms with van der Waals surface area (Å²) in [5.41, 5.74) is 0. The molecule has 0 fully saturated rings. The Morgan fingerprint density at radius 1 is 0.406 bits per heavy atom. The normalized spacial score (nSPS) is 15.9. The molecule has 1 aliphatic rings. The van der Waals surface area contributed by atoms with E-state index in [2.05, 4.69) is 43.0 Å². The maximum atomic E-state index is 2.64. The molecule has 0 radical (unpaired) electrons. The summed E-state index contributed by atoms with van der Waals surface area (Å²) < 4.78 is 0. The highest BCUT2D eigenvalue weighted by Gasteiger charge is 2.24. The molecule has 1 atom stereocenters. The Hall–Kier alpha value is -0.660. The van der Waals surface area contributed by atoms with Crippen molar-refractivity contribution in [1.29, 1.82) is 0 Å². The van der Waals surface area contributed by atoms with Gasteiger partial charge in [0.1, 0.15) is 6.17 Å². The van der Waals surface area contributed by atoms with Gasteiger partial charge in [0.25, 0.3) is 0 Å². The molecular weight excluding hydrogens is 388 g/mol. The third-order valence-corrected chi connectivity index (χ3v) is 7.28. The maximum absolute atomic E-state index is 2.64. The first kappa shape index (κ1) is 29.4. The second-order valence-electron chi connectivity index (χ2n) is 10.4. The SMILES string of the molecule is CCCCCCCCCCCCCCCCCC1N(CCC)C=CN1CCCCCCC. The summed E-state index contributed by atoms with van der Waals surface area (Å²) in [5, 5.41) is 0. The molecule has 0 aromatic heterocycles. The van der Waals surface area contributed by atoms with E-state index in [9.17, 15) is 0 Å². The minimum Gasteiger partial charge on any atom is -0.356 e. The standard InChI is InChI=1S/C30H60N2/c1-4-7-9-11-12-13-14-15-16-17-18-19-20-21-23-25-30-31(26-6-3)28-29-32(30)27-24-22-10-8-5-2/h28-30H,4-27H2,1-3H3. The molecular formula is C30H60N2. The van der Waals surface area contributed by atoms with E-state index in [-0.39, 0.29) is 0 Å². The fourth-order valence-corrected chi connectivity index (χ4v) is 5.19. The van der Waals surface area contributed by atoms with E-state index in [4.69, 9.17) is 0 Å². The Morgan fingerprint density at radius 3 is 1.22 bits per heavy atom. The van der Waals surface area contributed by atoms with Crippen LogP contribution in [0.2, 0.25) is 0 Å². The monoisotopic (exact) mass is 448 g/mol. The summed E-state index contributed by atoms with van der Waals surface area (Å²) in [5.74, 6) is 0. The zero-order valence-corrected chi connectivity index (χ0v) is 22.6. The van der Waals surface area contributed by atoms with Gasteiger partial charge in [0.05, 0.1) is 0 Å². The van der Waals surface area contributed by atoms with Crippen LogP contribution in [0.3, 0.4) is 0 Å². The minimum absolute atomic E-state index is 0.642. The van der Waals surface area contributed by atoms with Crippen LogP contribution < -0.4 is 0 Å². The third kappa shape index (κ3) is 15.2. The quantitative estimate of drug-likeness (QED) is 0.135. The van der Waals surface area contributed by atoms with Gasteiger partial charge in [-0.25, -0.2) is 0 Å². The molecule has 0 spiro atoms. The van der Waals surface area contributed by atoms with Crippen molar-refractivity contribution >= 4 is 0 Å². The highest BCUT2D eigenvalue weighted by molar-refractivity contribution is 4.96. The second kappa shape index (κ2) is 22.1. The van der Waals surface area contributed by atoms with Crippen LogP contribution in [-0.4, -0.2) is 29.1 Å². The molecule has 0 aliphatic carbocycles. The zero-order valence-electron chi connectivity index (χ0n) is 22.6. The molecule has 0 saturated heterocycles. The highest BCUT2D eigenvalue weighted by Crippen LogP contribution is 2.23. The molecule has 1 aliphatic heterocycles. The van der Waals surface area contributed by atoms with Crippen LogP contribution in [0.1, 0.15) is 162 Å². The van der Waals surface area contributed by atoms with Gasteiger partial charge in [0.2, 0.25) is 0 Å². The number of hydrogen-bond acceptors (Lipinski definition) is 2. The van der Waals surface area contributed by atoms with Crippen molar-refractivity contribution in [1.82, 2.24) is 9.80 Å². The Morgan fingerprint density at radius 2 is 0.781 bits per heavy atom. The molecule has 0 aromatic carbocycles. The summed E-state index contributed by atoms with van der Waals surface area (Å²) >= 11 is 0. The number of unbranched alkanes of at least 4 members (excludes halogenated alkanes) is 18. The Kier molecular flexibility index (Phi) is 20.3. The molecule has 2 heteroatoms. The minimum atomic E-state index is 0.642. The van der Waals surface area contributed by atoms with Crippen molar-refractivity contribution in [3.8, 4) is 0 Å². The molecule has 1 heterocycles. The molecule has 0 N–H and O–H groups in total. The smallest absolute Gasteiger partial charge is 0.101 e. The van der Waals surface area contributed by atoms with E-state index < -0.39 is 0 Å². The lowest BCUT2D eigenvalue weighted by Crippen LogP contribution is -2.39. The van der Waals surface area contributed by atoms with E-state index in [1.807, 2.05) is 0 Å². The van der Waals surface area contributed by atoms with E-state index >= 15 is 0 Å². The molecule has 1 rings (SSSR count). The Balaban J connectivity index is 1.99. The van der Waals surface area contributed by atoms with Crippen molar-refractivity contribution in [3.05, 3.63) is 12.4 Å². The first-order valence-corrected chi connectivity index (χ1v) is 15.0. The molecule has 1 unspecified atom stereocenters. The molecule has 0 amide bonds. The lowest BCUT2D eigenvalue weighted by Gasteiger charge is -2.33. The van der Waals surface area contributed by atoms with Gasteiger partial charge in [0, 0.05) is 25.5 Å². The molecule has 0 saturated carbocycles. The van der Waals surface area contributed by atoms with Gasteiger partial charge in [-0.1, -0.05) is 136 Å². The lowest BCUT2D eigenvalue weighted by molar-refractivity contribution is 0.137. The van der Waals surface area contributed by atoms with Gasteiger partial charge in [-0.15, -0.1) is 0 Å². The van der Waals surface area contributed by atoms with Crippen LogP contribution >= 0.6 is 0 Å². The average Bonchev–Trinajstić information content (AvgIpc) is 3.18. The highest BCUT2D eigenvalue weighted by atomic mass is 15.4. The van der Waals surface area contributed by atoms with E-state index in [1.165, 1.54) is 154 Å². The van der Waals surface area contributed by atoms with Crippen molar-refractivity contribution in [2.24, 2.45) is 0 Å². The maximum Gasteiger partial charge on any atom is 0.101 e. The lowest BCUT2D eigenvalue weighted by atomic mass is 10.0. The van der Waals surface area contributed by atoms with Crippen LogP contribution in [-0.2, 0) is 0 Å².